The van der Waals surface area contributed by atoms with E-state index in [1.54, 1.807) is 6.07 Å². The lowest BCUT2D eigenvalue weighted by Gasteiger charge is -2.09. The van der Waals surface area contributed by atoms with Crippen molar-refractivity contribution in [2.75, 3.05) is 5.32 Å². The molecule has 1 N–H and O–H groups in total. The molecule has 1 amide bonds. The molecule has 0 aliphatic carbocycles. The first-order chi connectivity index (χ1) is 8.58. The number of rotatable bonds is 2. The van der Waals surface area contributed by atoms with E-state index in [0.29, 0.717) is 5.56 Å². The average molecular weight is 369 g/mol. The number of hydrogen-bond acceptors (Lipinski definition) is 1. The fourth-order valence-electron chi connectivity index (χ4n) is 1.58. The molecular formula is C14H11Br2NO. The molecule has 0 fully saturated rings. The maximum absolute atomic E-state index is 12.1. The van der Waals surface area contributed by atoms with Gasteiger partial charge in [0.15, 0.2) is 0 Å². The van der Waals surface area contributed by atoms with Crippen LogP contribution in [0.5, 0.6) is 0 Å². The van der Waals surface area contributed by atoms with Gasteiger partial charge in [0.2, 0.25) is 0 Å². The van der Waals surface area contributed by atoms with E-state index in [1.165, 1.54) is 0 Å². The van der Waals surface area contributed by atoms with E-state index in [9.17, 15) is 4.79 Å². The SMILES string of the molecule is Cc1ccccc1NC(=O)c1ccc(Br)cc1Br. The Morgan fingerprint density at radius 1 is 1.11 bits per heavy atom. The molecule has 0 unspecified atom stereocenters. The van der Waals surface area contributed by atoms with E-state index >= 15 is 0 Å². The standard InChI is InChI=1S/C14H11Br2NO/c1-9-4-2-3-5-13(9)17-14(18)11-7-6-10(15)8-12(11)16/h2-8H,1H3,(H,17,18). The van der Waals surface area contributed by atoms with Gasteiger partial charge < -0.3 is 5.32 Å². The normalized spacial score (nSPS) is 10.2. The number of hydrogen-bond donors (Lipinski definition) is 1. The minimum absolute atomic E-state index is 0.122. The Bertz CT molecular complexity index is 596. The number of aryl methyl sites for hydroxylation is 1. The molecular weight excluding hydrogens is 358 g/mol. The highest BCUT2D eigenvalue weighted by Crippen LogP contribution is 2.23. The van der Waals surface area contributed by atoms with Gasteiger partial charge in [-0.05, 0) is 52.7 Å². The maximum atomic E-state index is 12.1. The number of amides is 1. The molecule has 0 aliphatic rings. The Morgan fingerprint density at radius 3 is 2.50 bits per heavy atom. The zero-order valence-corrected chi connectivity index (χ0v) is 12.9. The molecule has 0 radical (unpaired) electrons. The molecule has 0 saturated carbocycles. The summed E-state index contributed by atoms with van der Waals surface area (Å²) in [6.07, 6.45) is 0. The van der Waals surface area contributed by atoms with Crippen LogP contribution in [0, 0.1) is 6.92 Å². The summed E-state index contributed by atoms with van der Waals surface area (Å²) in [4.78, 5) is 12.1. The lowest BCUT2D eigenvalue weighted by atomic mass is 10.1. The Balaban J connectivity index is 2.25. The van der Waals surface area contributed by atoms with Gasteiger partial charge >= 0.3 is 0 Å². The summed E-state index contributed by atoms with van der Waals surface area (Å²) < 4.78 is 1.70. The third-order valence-electron chi connectivity index (χ3n) is 2.57. The molecule has 92 valence electrons. The van der Waals surface area contributed by atoms with Crippen LogP contribution >= 0.6 is 31.9 Å². The van der Waals surface area contributed by atoms with Gasteiger partial charge in [-0.25, -0.2) is 0 Å². The highest BCUT2D eigenvalue weighted by Gasteiger charge is 2.11. The van der Waals surface area contributed by atoms with Gasteiger partial charge in [0.05, 0.1) is 5.56 Å². The summed E-state index contributed by atoms with van der Waals surface area (Å²) in [6, 6.07) is 13.2. The Morgan fingerprint density at radius 2 is 1.83 bits per heavy atom. The van der Waals surface area contributed by atoms with Crippen LogP contribution in [-0.4, -0.2) is 5.91 Å². The van der Waals surface area contributed by atoms with Crippen molar-refractivity contribution in [1.82, 2.24) is 0 Å². The Hall–Kier alpha value is -1.13. The number of halogens is 2. The number of carbonyl (C=O) groups is 1. The zero-order valence-electron chi connectivity index (χ0n) is 9.71. The van der Waals surface area contributed by atoms with Gasteiger partial charge in [-0.2, -0.15) is 0 Å². The van der Waals surface area contributed by atoms with E-state index in [2.05, 4.69) is 37.2 Å². The van der Waals surface area contributed by atoms with Crippen LogP contribution in [0.25, 0.3) is 0 Å². The largest absolute Gasteiger partial charge is 0.322 e. The van der Waals surface area contributed by atoms with E-state index in [-0.39, 0.29) is 5.91 Å². The summed E-state index contributed by atoms with van der Waals surface area (Å²) in [5.41, 5.74) is 2.48. The van der Waals surface area contributed by atoms with Gasteiger partial charge in [-0.1, -0.05) is 34.1 Å². The van der Waals surface area contributed by atoms with Crippen molar-refractivity contribution in [2.24, 2.45) is 0 Å². The van der Waals surface area contributed by atoms with Crippen molar-refractivity contribution in [2.45, 2.75) is 6.92 Å². The average Bonchev–Trinajstić information content (AvgIpc) is 2.32. The minimum Gasteiger partial charge on any atom is -0.322 e. The molecule has 0 heterocycles. The van der Waals surface area contributed by atoms with Crippen molar-refractivity contribution in [3.05, 3.63) is 62.5 Å². The number of nitrogens with one attached hydrogen (secondary N) is 1. The zero-order chi connectivity index (χ0) is 13.1. The third kappa shape index (κ3) is 3.00. The summed E-state index contributed by atoms with van der Waals surface area (Å²) in [5.74, 6) is -0.122. The van der Waals surface area contributed by atoms with Crippen LogP contribution in [0.15, 0.2) is 51.4 Å². The van der Waals surface area contributed by atoms with Gasteiger partial charge in [0, 0.05) is 14.6 Å². The first kappa shape index (κ1) is 13.3. The molecule has 0 aromatic heterocycles. The van der Waals surface area contributed by atoms with E-state index in [1.807, 2.05) is 43.3 Å². The molecule has 0 spiro atoms. The van der Waals surface area contributed by atoms with Crippen molar-refractivity contribution >= 4 is 43.5 Å². The van der Waals surface area contributed by atoms with Crippen LogP contribution in [0.4, 0.5) is 5.69 Å². The second-order valence-electron chi connectivity index (χ2n) is 3.89. The molecule has 0 bridgehead atoms. The molecule has 2 aromatic carbocycles. The van der Waals surface area contributed by atoms with Crippen molar-refractivity contribution in [3.8, 4) is 0 Å². The number of para-hydroxylation sites is 1. The summed E-state index contributed by atoms with van der Waals surface area (Å²) in [6.45, 7) is 1.96. The fourth-order valence-corrected chi connectivity index (χ4v) is 2.80. The van der Waals surface area contributed by atoms with Gasteiger partial charge in [-0.15, -0.1) is 0 Å². The van der Waals surface area contributed by atoms with E-state index < -0.39 is 0 Å². The molecule has 0 saturated heterocycles. The van der Waals surface area contributed by atoms with Crippen LogP contribution in [0.3, 0.4) is 0 Å². The number of anilines is 1. The monoisotopic (exact) mass is 367 g/mol. The highest BCUT2D eigenvalue weighted by molar-refractivity contribution is 9.11. The van der Waals surface area contributed by atoms with Gasteiger partial charge in [0.25, 0.3) is 5.91 Å². The van der Waals surface area contributed by atoms with Gasteiger partial charge in [-0.3, -0.25) is 4.79 Å². The van der Waals surface area contributed by atoms with E-state index in [0.717, 1.165) is 20.2 Å². The lowest BCUT2D eigenvalue weighted by molar-refractivity contribution is 0.102. The second kappa shape index (κ2) is 5.67. The Kier molecular flexibility index (Phi) is 4.19. The highest BCUT2D eigenvalue weighted by atomic mass is 79.9. The molecule has 2 aromatic rings. The minimum atomic E-state index is -0.122. The summed E-state index contributed by atoms with van der Waals surface area (Å²) >= 11 is 6.75. The molecule has 4 heteroatoms. The lowest BCUT2D eigenvalue weighted by Crippen LogP contribution is -2.13. The topological polar surface area (TPSA) is 29.1 Å². The van der Waals surface area contributed by atoms with Crippen molar-refractivity contribution < 1.29 is 4.79 Å². The van der Waals surface area contributed by atoms with E-state index in [4.69, 9.17) is 0 Å². The Labute approximate surface area is 123 Å². The second-order valence-corrected chi connectivity index (χ2v) is 5.66. The number of benzene rings is 2. The summed E-state index contributed by atoms with van der Waals surface area (Å²) in [5, 5.41) is 2.90. The molecule has 2 rings (SSSR count). The summed E-state index contributed by atoms with van der Waals surface area (Å²) in [7, 11) is 0. The van der Waals surface area contributed by atoms with Crippen molar-refractivity contribution in [3.63, 3.8) is 0 Å². The predicted molar refractivity (Wildman–Crippen MR) is 81.0 cm³/mol. The molecule has 0 aliphatic heterocycles. The smallest absolute Gasteiger partial charge is 0.256 e. The van der Waals surface area contributed by atoms with Crippen LogP contribution in [0.1, 0.15) is 15.9 Å². The first-order valence-electron chi connectivity index (χ1n) is 5.40. The molecule has 2 nitrogen and oxygen atoms in total. The maximum Gasteiger partial charge on any atom is 0.256 e. The number of carbonyl (C=O) groups excluding carboxylic acids is 1. The fraction of sp³-hybridized carbons (Fsp3) is 0.0714. The molecule has 18 heavy (non-hydrogen) atoms. The van der Waals surface area contributed by atoms with Crippen LogP contribution < -0.4 is 5.32 Å². The van der Waals surface area contributed by atoms with Crippen LogP contribution in [-0.2, 0) is 0 Å². The van der Waals surface area contributed by atoms with Crippen molar-refractivity contribution in [1.29, 1.82) is 0 Å². The van der Waals surface area contributed by atoms with Gasteiger partial charge in [0.1, 0.15) is 0 Å². The first-order valence-corrected chi connectivity index (χ1v) is 6.98. The quantitative estimate of drug-likeness (QED) is 0.812. The molecule has 0 atom stereocenters. The van der Waals surface area contributed by atoms with Crippen LogP contribution in [0.2, 0.25) is 0 Å². The predicted octanol–water partition coefficient (Wildman–Crippen LogP) is 4.77. The third-order valence-corrected chi connectivity index (χ3v) is 3.72.